The normalized spacial score (nSPS) is 42.4. The molecule has 2 rings (SSSR count). The number of Topliss-reactive ketones (excluding diaryl/α,β-unsaturated/α-hetero) is 1. The number of rotatable bonds is 0. The molecule has 2 N–H and O–H groups in total. The number of hydrogen-bond acceptors (Lipinski definition) is 4. The van der Waals surface area contributed by atoms with Crippen molar-refractivity contribution in [1.82, 2.24) is 5.48 Å². The van der Waals surface area contributed by atoms with Crippen molar-refractivity contribution in [1.29, 1.82) is 0 Å². The Morgan fingerprint density at radius 3 is 3.17 bits per heavy atom. The number of aliphatic hydroxyl groups excluding tert-OH is 1. The molecule has 1 heterocycles. The fourth-order valence-corrected chi connectivity index (χ4v) is 1.95. The predicted molar refractivity (Wildman–Crippen MR) is 41.2 cm³/mol. The van der Waals surface area contributed by atoms with Crippen LogP contribution in [0.2, 0.25) is 0 Å². The fourth-order valence-electron chi connectivity index (χ4n) is 1.95. The molecule has 0 aromatic heterocycles. The maximum atomic E-state index is 11.1. The highest BCUT2D eigenvalue weighted by Crippen LogP contribution is 2.29. The maximum absolute atomic E-state index is 11.1. The summed E-state index contributed by atoms with van der Waals surface area (Å²) in [4.78, 5) is 16.2. The monoisotopic (exact) mass is 171 g/mol. The first kappa shape index (κ1) is 8.16. The van der Waals surface area contributed by atoms with Crippen LogP contribution in [0, 0.1) is 5.92 Å². The zero-order valence-electron chi connectivity index (χ0n) is 6.82. The molecule has 1 saturated heterocycles. The van der Waals surface area contributed by atoms with Crippen LogP contribution in [0.4, 0.5) is 0 Å². The molecule has 0 spiro atoms. The van der Waals surface area contributed by atoms with Crippen molar-refractivity contribution in [3.05, 3.63) is 0 Å². The summed E-state index contributed by atoms with van der Waals surface area (Å²) in [6.07, 6.45) is 1.15. The summed E-state index contributed by atoms with van der Waals surface area (Å²) < 4.78 is 0. The molecule has 1 aliphatic carbocycles. The van der Waals surface area contributed by atoms with Crippen LogP contribution in [0.3, 0.4) is 0 Å². The van der Waals surface area contributed by atoms with Crippen LogP contribution < -0.4 is 5.48 Å². The molecule has 3 unspecified atom stereocenters. The number of carbonyl (C=O) groups excluding carboxylic acids is 1. The Labute approximate surface area is 70.9 Å². The van der Waals surface area contributed by atoms with E-state index in [2.05, 4.69) is 5.48 Å². The van der Waals surface area contributed by atoms with Crippen molar-refractivity contribution in [2.75, 3.05) is 6.54 Å². The van der Waals surface area contributed by atoms with Crippen LogP contribution in [0.15, 0.2) is 0 Å². The number of nitrogens with one attached hydrogen (secondary N) is 1. The van der Waals surface area contributed by atoms with Crippen molar-refractivity contribution in [3.63, 3.8) is 0 Å². The topological polar surface area (TPSA) is 58.6 Å². The van der Waals surface area contributed by atoms with Crippen molar-refractivity contribution in [2.45, 2.75) is 31.5 Å². The van der Waals surface area contributed by atoms with Gasteiger partial charge in [0.1, 0.15) is 12.2 Å². The standard InChI is InChI=1S/C8H13NO3/c10-6-2-1-5-3-4-9-12-8(5)7(6)11/h5,7-9,11H,1-4H2. The second-order valence-corrected chi connectivity index (χ2v) is 3.48. The average Bonchev–Trinajstić information content (AvgIpc) is 2.12. The van der Waals surface area contributed by atoms with Gasteiger partial charge in [-0.2, -0.15) is 0 Å². The molecule has 0 bridgehead atoms. The van der Waals surface area contributed by atoms with E-state index in [1.807, 2.05) is 0 Å². The van der Waals surface area contributed by atoms with E-state index in [4.69, 9.17) is 4.84 Å². The van der Waals surface area contributed by atoms with Gasteiger partial charge in [0.15, 0.2) is 5.78 Å². The van der Waals surface area contributed by atoms with Crippen molar-refractivity contribution >= 4 is 5.78 Å². The molecule has 4 heteroatoms. The molecule has 0 aromatic carbocycles. The Hall–Kier alpha value is -0.450. The van der Waals surface area contributed by atoms with Crippen molar-refractivity contribution in [2.24, 2.45) is 5.92 Å². The third-order valence-corrected chi connectivity index (χ3v) is 2.70. The molecule has 4 nitrogen and oxygen atoms in total. The van der Waals surface area contributed by atoms with E-state index in [0.717, 1.165) is 19.4 Å². The lowest BCUT2D eigenvalue weighted by atomic mass is 9.81. The van der Waals surface area contributed by atoms with Gasteiger partial charge in [-0.1, -0.05) is 0 Å². The summed E-state index contributed by atoms with van der Waals surface area (Å²) in [6.45, 7) is 0.822. The van der Waals surface area contributed by atoms with Crippen LogP contribution in [-0.4, -0.2) is 29.6 Å². The lowest BCUT2D eigenvalue weighted by Crippen LogP contribution is -2.51. The molecule has 2 aliphatic rings. The molecule has 3 atom stereocenters. The molecule has 0 radical (unpaired) electrons. The molecule has 0 aromatic rings. The van der Waals surface area contributed by atoms with Gasteiger partial charge < -0.3 is 5.11 Å². The van der Waals surface area contributed by atoms with Gasteiger partial charge >= 0.3 is 0 Å². The number of carbonyl (C=O) groups is 1. The van der Waals surface area contributed by atoms with E-state index in [9.17, 15) is 9.90 Å². The number of aliphatic hydroxyl groups is 1. The van der Waals surface area contributed by atoms with E-state index >= 15 is 0 Å². The molecule has 68 valence electrons. The summed E-state index contributed by atoms with van der Waals surface area (Å²) in [6, 6.07) is 0. The summed E-state index contributed by atoms with van der Waals surface area (Å²) in [5.74, 6) is 0.277. The Kier molecular flexibility index (Phi) is 2.12. The van der Waals surface area contributed by atoms with E-state index in [1.54, 1.807) is 0 Å². The molecular formula is C8H13NO3. The molecule has 1 saturated carbocycles. The van der Waals surface area contributed by atoms with Gasteiger partial charge in [-0.3, -0.25) is 9.63 Å². The first-order chi connectivity index (χ1) is 5.79. The number of hydrogen-bond donors (Lipinski definition) is 2. The summed E-state index contributed by atoms with van der Waals surface area (Å²) in [7, 11) is 0. The Morgan fingerprint density at radius 1 is 1.50 bits per heavy atom. The Balaban J connectivity index is 2.08. The van der Waals surface area contributed by atoms with Gasteiger partial charge in [-0.25, -0.2) is 5.48 Å². The zero-order chi connectivity index (χ0) is 8.55. The second kappa shape index (κ2) is 3.12. The van der Waals surface area contributed by atoms with Gasteiger partial charge in [0.05, 0.1) is 0 Å². The lowest BCUT2D eigenvalue weighted by molar-refractivity contribution is -0.169. The first-order valence-corrected chi connectivity index (χ1v) is 4.38. The molecule has 12 heavy (non-hydrogen) atoms. The van der Waals surface area contributed by atoms with Crippen molar-refractivity contribution in [3.8, 4) is 0 Å². The maximum Gasteiger partial charge on any atom is 0.164 e. The third-order valence-electron chi connectivity index (χ3n) is 2.70. The van der Waals surface area contributed by atoms with E-state index < -0.39 is 6.10 Å². The first-order valence-electron chi connectivity index (χ1n) is 4.38. The smallest absolute Gasteiger partial charge is 0.164 e. The van der Waals surface area contributed by atoms with Crippen LogP contribution in [0.25, 0.3) is 0 Å². The second-order valence-electron chi connectivity index (χ2n) is 3.48. The van der Waals surface area contributed by atoms with Crippen LogP contribution >= 0.6 is 0 Å². The Bertz CT molecular complexity index is 195. The van der Waals surface area contributed by atoms with Crippen LogP contribution in [0.1, 0.15) is 19.3 Å². The van der Waals surface area contributed by atoms with Gasteiger partial charge in [0, 0.05) is 13.0 Å². The van der Waals surface area contributed by atoms with Gasteiger partial charge in [-0.15, -0.1) is 0 Å². The van der Waals surface area contributed by atoms with E-state index in [-0.39, 0.29) is 11.9 Å². The van der Waals surface area contributed by atoms with Crippen molar-refractivity contribution < 1.29 is 14.7 Å². The fraction of sp³-hybridized carbons (Fsp3) is 0.875. The highest BCUT2D eigenvalue weighted by Gasteiger charge is 2.39. The minimum atomic E-state index is -0.906. The predicted octanol–water partition coefficient (Wildman–Crippen LogP) is -0.380. The number of ketones is 1. The molecule has 1 aliphatic heterocycles. The van der Waals surface area contributed by atoms with Gasteiger partial charge in [-0.05, 0) is 18.8 Å². The summed E-state index contributed by atoms with van der Waals surface area (Å²) >= 11 is 0. The van der Waals surface area contributed by atoms with Gasteiger partial charge in [0.25, 0.3) is 0 Å². The van der Waals surface area contributed by atoms with E-state index in [0.29, 0.717) is 12.3 Å². The SMILES string of the molecule is O=C1CCC2CCNOC2C1O. The van der Waals surface area contributed by atoms with E-state index in [1.165, 1.54) is 0 Å². The summed E-state index contributed by atoms with van der Waals surface area (Å²) in [5, 5.41) is 9.46. The Morgan fingerprint density at radius 2 is 2.33 bits per heavy atom. The quantitative estimate of drug-likeness (QED) is 0.521. The highest BCUT2D eigenvalue weighted by atomic mass is 16.7. The van der Waals surface area contributed by atoms with Gasteiger partial charge in [0.2, 0.25) is 0 Å². The molecule has 0 amide bonds. The number of hydroxylamine groups is 1. The summed E-state index contributed by atoms with van der Waals surface area (Å²) in [5.41, 5.74) is 2.72. The minimum Gasteiger partial charge on any atom is -0.382 e. The number of fused-ring (bicyclic) bond motifs is 1. The minimum absolute atomic E-state index is 0.0834. The molecular weight excluding hydrogens is 158 g/mol. The zero-order valence-corrected chi connectivity index (χ0v) is 6.82. The lowest BCUT2D eigenvalue weighted by Gasteiger charge is -2.37. The van der Waals surface area contributed by atoms with Crippen LogP contribution in [0.5, 0.6) is 0 Å². The largest absolute Gasteiger partial charge is 0.382 e. The third kappa shape index (κ3) is 1.26. The van der Waals surface area contributed by atoms with Crippen LogP contribution in [-0.2, 0) is 9.63 Å². The average molecular weight is 171 g/mol. The highest BCUT2D eigenvalue weighted by molar-refractivity contribution is 5.84. The molecule has 2 fully saturated rings.